The molecular weight excluding hydrogens is 322 g/mol. The maximum absolute atomic E-state index is 12.4. The first-order chi connectivity index (χ1) is 10.4. The molecular formula is C16H18ClNO3S. The highest BCUT2D eigenvalue weighted by molar-refractivity contribution is 7.89. The van der Waals surface area contributed by atoms with Crippen LogP contribution in [0, 0.1) is 6.92 Å². The standard InChI is InChI=1S/C16H18ClNO3S/c1-13-5-3-7-15(11-13)21-10-9-18(2)22(19,20)16-8-4-6-14(17)12-16/h3-8,11-12H,9-10H2,1-2H3. The molecule has 6 heteroatoms. The van der Waals surface area contributed by atoms with E-state index in [4.69, 9.17) is 16.3 Å². The summed E-state index contributed by atoms with van der Waals surface area (Å²) < 4.78 is 31.6. The van der Waals surface area contributed by atoms with Crippen LogP contribution in [0.15, 0.2) is 53.4 Å². The Hall–Kier alpha value is -1.56. The van der Waals surface area contributed by atoms with Crippen molar-refractivity contribution in [3.8, 4) is 5.75 Å². The monoisotopic (exact) mass is 339 g/mol. The zero-order valence-corrected chi connectivity index (χ0v) is 14.1. The highest BCUT2D eigenvalue weighted by atomic mass is 35.5. The van der Waals surface area contributed by atoms with Gasteiger partial charge < -0.3 is 4.74 Å². The van der Waals surface area contributed by atoms with Crippen molar-refractivity contribution in [3.63, 3.8) is 0 Å². The topological polar surface area (TPSA) is 46.6 Å². The molecule has 4 nitrogen and oxygen atoms in total. The van der Waals surface area contributed by atoms with E-state index in [1.165, 1.54) is 23.5 Å². The van der Waals surface area contributed by atoms with Gasteiger partial charge in [0.15, 0.2) is 0 Å². The lowest BCUT2D eigenvalue weighted by Crippen LogP contribution is -2.31. The average Bonchev–Trinajstić information content (AvgIpc) is 2.47. The van der Waals surface area contributed by atoms with Gasteiger partial charge in [0, 0.05) is 18.6 Å². The Morgan fingerprint density at radius 1 is 1.14 bits per heavy atom. The van der Waals surface area contributed by atoms with Gasteiger partial charge in [0.2, 0.25) is 10.0 Å². The van der Waals surface area contributed by atoms with Gasteiger partial charge in [-0.3, -0.25) is 0 Å². The quantitative estimate of drug-likeness (QED) is 0.810. The zero-order valence-electron chi connectivity index (χ0n) is 12.5. The first kappa shape index (κ1) is 16.8. The molecule has 0 saturated heterocycles. The highest BCUT2D eigenvalue weighted by Gasteiger charge is 2.20. The molecule has 22 heavy (non-hydrogen) atoms. The van der Waals surface area contributed by atoms with Crippen molar-refractivity contribution >= 4 is 21.6 Å². The molecule has 0 radical (unpaired) electrons. The molecule has 0 heterocycles. The van der Waals surface area contributed by atoms with Gasteiger partial charge in [0.25, 0.3) is 0 Å². The molecule has 0 atom stereocenters. The van der Waals surface area contributed by atoms with E-state index in [2.05, 4.69) is 0 Å². The lowest BCUT2D eigenvalue weighted by Gasteiger charge is -2.17. The molecule has 0 spiro atoms. The fourth-order valence-electron chi connectivity index (χ4n) is 1.92. The molecule has 0 bridgehead atoms. The van der Waals surface area contributed by atoms with Crippen LogP contribution in [0.1, 0.15) is 5.56 Å². The predicted octanol–water partition coefficient (Wildman–Crippen LogP) is 3.35. The summed E-state index contributed by atoms with van der Waals surface area (Å²) in [5.41, 5.74) is 1.09. The van der Waals surface area contributed by atoms with Gasteiger partial charge in [-0.25, -0.2) is 8.42 Å². The molecule has 2 rings (SSSR count). The van der Waals surface area contributed by atoms with E-state index < -0.39 is 10.0 Å². The Morgan fingerprint density at radius 2 is 1.86 bits per heavy atom. The number of ether oxygens (including phenoxy) is 1. The third kappa shape index (κ3) is 4.22. The summed E-state index contributed by atoms with van der Waals surface area (Å²) in [6.07, 6.45) is 0. The van der Waals surface area contributed by atoms with Crippen molar-refractivity contribution in [3.05, 3.63) is 59.1 Å². The molecule has 0 fully saturated rings. The van der Waals surface area contributed by atoms with Crippen molar-refractivity contribution in [2.45, 2.75) is 11.8 Å². The third-order valence-corrected chi connectivity index (χ3v) is 5.26. The summed E-state index contributed by atoms with van der Waals surface area (Å²) in [7, 11) is -2.03. The predicted molar refractivity (Wildman–Crippen MR) is 87.9 cm³/mol. The van der Waals surface area contributed by atoms with Crippen LogP contribution in [0.4, 0.5) is 0 Å². The van der Waals surface area contributed by atoms with Gasteiger partial charge in [-0.15, -0.1) is 0 Å². The normalized spacial score (nSPS) is 11.6. The van der Waals surface area contributed by atoms with Gasteiger partial charge in [0.05, 0.1) is 4.90 Å². The van der Waals surface area contributed by atoms with Gasteiger partial charge in [0.1, 0.15) is 12.4 Å². The van der Waals surface area contributed by atoms with Crippen LogP contribution >= 0.6 is 11.6 Å². The molecule has 0 saturated carbocycles. The van der Waals surface area contributed by atoms with Crippen molar-refractivity contribution < 1.29 is 13.2 Å². The van der Waals surface area contributed by atoms with E-state index in [-0.39, 0.29) is 18.0 Å². The van der Waals surface area contributed by atoms with E-state index in [1.54, 1.807) is 12.1 Å². The van der Waals surface area contributed by atoms with Gasteiger partial charge in [-0.05, 0) is 42.8 Å². The van der Waals surface area contributed by atoms with Gasteiger partial charge >= 0.3 is 0 Å². The Bertz CT molecular complexity index is 747. The molecule has 0 N–H and O–H groups in total. The minimum atomic E-state index is -3.56. The molecule has 118 valence electrons. The number of nitrogens with zero attached hydrogens (tertiary/aromatic N) is 1. The number of halogens is 1. The van der Waals surface area contributed by atoms with E-state index >= 15 is 0 Å². The first-order valence-electron chi connectivity index (χ1n) is 6.81. The van der Waals surface area contributed by atoms with E-state index in [0.717, 1.165) is 11.3 Å². The van der Waals surface area contributed by atoms with Crippen LogP contribution in [-0.2, 0) is 10.0 Å². The maximum atomic E-state index is 12.4. The second-order valence-corrected chi connectivity index (χ2v) is 7.43. The molecule has 0 unspecified atom stereocenters. The highest BCUT2D eigenvalue weighted by Crippen LogP contribution is 2.19. The summed E-state index contributed by atoms with van der Waals surface area (Å²) in [6.45, 7) is 2.51. The van der Waals surface area contributed by atoms with Crippen LogP contribution in [0.2, 0.25) is 5.02 Å². The van der Waals surface area contributed by atoms with E-state index in [1.807, 2.05) is 31.2 Å². The van der Waals surface area contributed by atoms with E-state index in [9.17, 15) is 8.42 Å². The molecule has 2 aromatic rings. The minimum absolute atomic E-state index is 0.179. The fraction of sp³-hybridized carbons (Fsp3) is 0.250. The summed E-state index contributed by atoms with van der Waals surface area (Å²) in [5.74, 6) is 0.730. The van der Waals surface area contributed by atoms with Crippen LogP contribution in [0.3, 0.4) is 0 Å². The lowest BCUT2D eigenvalue weighted by atomic mass is 10.2. The summed E-state index contributed by atoms with van der Waals surface area (Å²) >= 11 is 5.85. The second kappa shape index (κ2) is 7.13. The minimum Gasteiger partial charge on any atom is -0.492 e. The lowest BCUT2D eigenvalue weighted by molar-refractivity contribution is 0.286. The van der Waals surface area contributed by atoms with Crippen LogP contribution in [0.5, 0.6) is 5.75 Å². The van der Waals surface area contributed by atoms with E-state index in [0.29, 0.717) is 5.02 Å². The molecule has 0 aliphatic carbocycles. The van der Waals surface area contributed by atoms with Crippen molar-refractivity contribution in [2.24, 2.45) is 0 Å². The van der Waals surface area contributed by atoms with Crippen molar-refractivity contribution in [1.29, 1.82) is 0 Å². The Morgan fingerprint density at radius 3 is 2.55 bits per heavy atom. The summed E-state index contributed by atoms with van der Waals surface area (Å²) in [4.78, 5) is 0.179. The summed E-state index contributed by atoms with van der Waals surface area (Å²) in [6, 6.07) is 13.9. The van der Waals surface area contributed by atoms with Crippen molar-refractivity contribution in [1.82, 2.24) is 4.31 Å². The number of sulfonamides is 1. The van der Waals surface area contributed by atoms with Crippen molar-refractivity contribution in [2.75, 3.05) is 20.2 Å². The Kier molecular flexibility index (Phi) is 5.45. The van der Waals surface area contributed by atoms with Gasteiger partial charge in [-0.1, -0.05) is 29.8 Å². The largest absolute Gasteiger partial charge is 0.492 e. The SMILES string of the molecule is Cc1cccc(OCCN(C)S(=O)(=O)c2cccc(Cl)c2)c1. The number of rotatable bonds is 6. The summed E-state index contributed by atoms with van der Waals surface area (Å²) in [5, 5.41) is 0.394. The third-order valence-electron chi connectivity index (χ3n) is 3.17. The van der Waals surface area contributed by atoms with Crippen LogP contribution in [0.25, 0.3) is 0 Å². The number of hydrogen-bond donors (Lipinski definition) is 0. The smallest absolute Gasteiger partial charge is 0.242 e. The zero-order chi connectivity index (χ0) is 16.2. The fourth-order valence-corrected chi connectivity index (χ4v) is 3.38. The molecule has 2 aromatic carbocycles. The first-order valence-corrected chi connectivity index (χ1v) is 8.63. The molecule has 0 aromatic heterocycles. The average molecular weight is 340 g/mol. The van der Waals surface area contributed by atoms with Gasteiger partial charge in [-0.2, -0.15) is 4.31 Å². The molecule has 0 aliphatic heterocycles. The molecule has 0 aliphatic rings. The van der Waals surface area contributed by atoms with Crippen LogP contribution < -0.4 is 4.74 Å². The number of benzene rings is 2. The van der Waals surface area contributed by atoms with Crippen LogP contribution in [-0.4, -0.2) is 32.9 Å². The number of aryl methyl sites for hydroxylation is 1. The molecule has 0 amide bonds. The Balaban J connectivity index is 1.98. The number of likely N-dealkylation sites (N-methyl/N-ethyl adjacent to an activating group) is 1. The number of hydrogen-bond acceptors (Lipinski definition) is 3. The Labute approximate surface area is 136 Å². The maximum Gasteiger partial charge on any atom is 0.242 e. The second-order valence-electron chi connectivity index (χ2n) is 4.95.